The third-order valence-electron chi connectivity index (χ3n) is 5.45. The molecule has 1 saturated heterocycles. The van der Waals surface area contributed by atoms with Gasteiger partial charge in [-0.1, -0.05) is 43.3 Å². The number of rotatable bonds is 8. The zero-order valence-corrected chi connectivity index (χ0v) is 18.7. The quantitative estimate of drug-likeness (QED) is 0.512. The summed E-state index contributed by atoms with van der Waals surface area (Å²) in [4.78, 5) is 6.81. The highest BCUT2D eigenvalue weighted by atomic mass is 16.5. The van der Waals surface area contributed by atoms with Gasteiger partial charge in [0.15, 0.2) is 5.96 Å². The molecule has 0 radical (unpaired) electrons. The fourth-order valence-electron chi connectivity index (χ4n) is 3.85. The van der Waals surface area contributed by atoms with E-state index in [-0.39, 0.29) is 0 Å². The van der Waals surface area contributed by atoms with Gasteiger partial charge in [-0.15, -0.1) is 0 Å². The van der Waals surface area contributed by atoms with E-state index in [2.05, 4.69) is 70.7 Å². The molecule has 1 aliphatic heterocycles. The average Bonchev–Trinajstić information content (AvgIpc) is 3.16. The topological polar surface area (TPSA) is 74.9 Å². The van der Waals surface area contributed by atoms with Crippen molar-refractivity contribution in [3.05, 3.63) is 52.4 Å². The maximum atomic E-state index is 5.64. The van der Waals surface area contributed by atoms with Crippen molar-refractivity contribution < 1.29 is 9.26 Å². The minimum atomic E-state index is 0.310. The van der Waals surface area contributed by atoms with E-state index in [0.29, 0.717) is 12.6 Å². The highest BCUT2D eigenvalue weighted by molar-refractivity contribution is 5.79. The molecule has 7 heteroatoms. The van der Waals surface area contributed by atoms with Crippen LogP contribution in [0.2, 0.25) is 0 Å². The summed E-state index contributed by atoms with van der Waals surface area (Å²) in [5, 5.41) is 11.0. The van der Waals surface area contributed by atoms with E-state index < -0.39 is 0 Å². The van der Waals surface area contributed by atoms with Crippen molar-refractivity contribution in [2.45, 2.75) is 59.4 Å². The molecule has 0 spiro atoms. The van der Waals surface area contributed by atoms with Gasteiger partial charge in [0.05, 0.1) is 18.4 Å². The van der Waals surface area contributed by atoms with E-state index in [1.807, 2.05) is 0 Å². The number of nitrogens with one attached hydrogen (secondary N) is 2. The van der Waals surface area contributed by atoms with Crippen LogP contribution in [0, 0.1) is 0 Å². The van der Waals surface area contributed by atoms with E-state index in [1.54, 1.807) is 7.05 Å². The lowest BCUT2D eigenvalue weighted by Gasteiger charge is -2.31. The fraction of sp³-hybridized carbons (Fsp3) is 0.565. The van der Waals surface area contributed by atoms with Crippen LogP contribution in [0.3, 0.4) is 0 Å². The molecule has 2 heterocycles. The van der Waals surface area contributed by atoms with Crippen molar-refractivity contribution in [2.75, 3.05) is 26.7 Å². The van der Waals surface area contributed by atoms with E-state index in [1.165, 1.54) is 11.1 Å². The molecule has 0 bridgehead atoms. The van der Waals surface area contributed by atoms with Crippen LogP contribution in [0.25, 0.3) is 0 Å². The molecular weight excluding hydrogens is 378 g/mol. The molecule has 1 unspecified atom stereocenters. The van der Waals surface area contributed by atoms with Gasteiger partial charge in [-0.2, -0.15) is 0 Å². The number of aliphatic imine (C=N–C) groups is 1. The third-order valence-corrected chi connectivity index (χ3v) is 5.45. The van der Waals surface area contributed by atoms with Gasteiger partial charge in [0.1, 0.15) is 5.76 Å². The Morgan fingerprint density at radius 2 is 2.00 bits per heavy atom. The van der Waals surface area contributed by atoms with E-state index in [0.717, 1.165) is 68.6 Å². The lowest BCUT2D eigenvalue weighted by Crippen LogP contribution is -2.40. The Labute approximate surface area is 179 Å². The van der Waals surface area contributed by atoms with E-state index >= 15 is 0 Å². The Kier molecular flexibility index (Phi) is 8.28. The fourth-order valence-corrected chi connectivity index (χ4v) is 3.85. The van der Waals surface area contributed by atoms with Crippen LogP contribution in [-0.4, -0.2) is 48.9 Å². The van der Waals surface area contributed by atoms with Gasteiger partial charge in [-0.3, -0.25) is 9.89 Å². The number of aromatic nitrogens is 1. The molecule has 1 aromatic heterocycles. The first-order valence-electron chi connectivity index (χ1n) is 11.0. The minimum Gasteiger partial charge on any atom is -0.376 e. The summed E-state index contributed by atoms with van der Waals surface area (Å²) in [6.45, 7) is 11.4. The molecule has 1 atom stereocenters. The van der Waals surface area contributed by atoms with Gasteiger partial charge >= 0.3 is 0 Å². The highest BCUT2D eigenvalue weighted by Crippen LogP contribution is 2.15. The van der Waals surface area contributed by atoms with Crippen LogP contribution in [0.4, 0.5) is 0 Å². The van der Waals surface area contributed by atoms with E-state index in [4.69, 9.17) is 9.26 Å². The molecule has 0 aliphatic carbocycles. The van der Waals surface area contributed by atoms with Crippen molar-refractivity contribution in [3.8, 4) is 0 Å². The predicted octanol–water partition coefficient (Wildman–Crippen LogP) is 2.89. The number of hydrogen-bond donors (Lipinski definition) is 2. The van der Waals surface area contributed by atoms with Gasteiger partial charge in [0.2, 0.25) is 0 Å². The monoisotopic (exact) mass is 413 g/mol. The number of morpholine rings is 1. The molecule has 2 N–H and O–H groups in total. The summed E-state index contributed by atoms with van der Waals surface area (Å²) in [6.07, 6.45) is 2.01. The third kappa shape index (κ3) is 6.06. The Morgan fingerprint density at radius 3 is 2.73 bits per heavy atom. The zero-order chi connectivity index (χ0) is 21.3. The Hall–Kier alpha value is -2.38. The summed E-state index contributed by atoms with van der Waals surface area (Å²) in [5.74, 6) is 1.72. The Bertz CT molecular complexity index is 811. The minimum absolute atomic E-state index is 0.310. The smallest absolute Gasteiger partial charge is 0.191 e. The van der Waals surface area contributed by atoms with Gasteiger partial charge in [0, 0.05) is 51.8 Å². The first-order valence-corrected chi connectivity index (χ1v) is 11.0. The average molecular weight is 414 g/mol. The number of benzene rings is 1. The largest absolute Gasteiger partial charge is 0.376 e. The Morgan fingerprint density at radius 1 is 1.20 bits per heavy atom. The van der Waals surface area contributed by atoms with Crippen LogP contribution >= 0.6 is 0 Å². The van der Waals surface area contributed by atoms with Crippen LogP contribution in [0.1, 0.15) is 48.9 Å². The molecule has 164 valence electrons. The Balaban J connectivity index is 1.53. The second-order valence-corrected chi connectivity index (χ2v) is 7.75. The summed E-state index contributed by atoms with van der Waals surface area (Å²) >= 11 is 0. The van der Waals surface area contributed by atoms with Crippen molar-refractivity contribution >= 4 is 5.96 Å². The summed E-state index contributed by atoms with van der Waals surface area (Å²) in [5.41, 5.74) is 4.73. The standard InChI is InChI=1S/C23H35N5O2/c1-5-21-20(22(6-2)30-27-21)14-26-23(24-4)25-13-18-8-7-9-19(12-18)16-28-10-11-29-17(3)15-28/h7-9,12,17H,5-6,10-11,13-16H2,1-4H3,(H2,24,25,26). The predicted molar refractivity (Wildman–Crippen MR) is 119 cm³/mol. The van der Waals surface area contributed by atoms with Crippen molar-refractivity contribution in [1.29, 1.82) is 0 Å². The van der Waals surface area contributed by atoms with Crippen LogP contribution in [-0.2, 0) is 37.2 Å². The highest BCUT2D eigenvalue weighted by Gasteiger charge is 2.17. The van der Waals surface area contributed by atoms with Crippen LogP contribution < -0.4 is 10.6 Å². The first kappa shape index (κ1) is 22.3. The normalized spacial score (nSPS) is 17.9. The maximum absolute atomic E-state index is 5.64. The van der Waals surface area contributed by atoms with E-state index in [9.17, 15) is 0 Å². The number of ether oxygens (including phenoxy) is 1. The molecule has 1 fully saturated rings. The summed E-state index contributed by atoms with van der Waals surface area (Å²) < 4.78 is 11.1. The molecule has 30 heavy (non-hydrogen) atoms. The summed E-state index contributed by atoms with van der Waals surface area (Å²) in [7, 11) is 1.79. The van der Waals surface area contributed by atoms with Crippen molar-refractivity contribution in [1.82, 2.24) is 20.7 Å². The van der Waals surface area contributed by atoms with Crippen molar-refractivity contribution in [3.63, 3.8) is 0 Å². The number of nitrogens with zero attached hydrogens (tertiary/aromatic N) is 3. The summed E-state index contributed by atoms with van der Waals surface area (Å²) in [6, 6.07) is 8.74. The molecule has 0 amide bonds. The maximum Gasteiger partial charge on any atom is 0.191 e. The van der Waals surface area contributed by atoms with Gasteiger partial charge in [-0.05, 0) is 24.5 Å². The van der Waals surface area contributed by atoms with Crippen LogP contribution in [0.5, 0.6) is 0 Å². The van der Waals surface area contributed by atoms with Crippen LogP contribution in [0.15, 0.2) is 33.8 Å². The van der Waals surface area contributed by atoms with Gasteiger partial charge in [-0.25, -0.2) is 0 Å². The number of hydrogen-bond acceptors (Lipinski definition) is 5. The second-order valence-electron chi connectivity index (χ2n) is 7.75. The molecule has 1 aromatic carbocycles. The molecular formula is C23H35N5O2. The van der Waals surface area contributed by atoms with Gasteiger partial charge in [0.25, 0.3) is 0 Å². The molecule has 3 rings (SSSR count). The lowest BCUT2D eigenvalue weighted by molar-refractivity contribution is -0.0212. The first-order chi connectivity index (χ1) is 14.6. The molecule has 7 nitrogen and oxygen atoms in total. The van der Waals surface area contributed by atoms with Gasteiger partial charge < -0.3 is 19.9 Å². The molecule has 1 aliphatic rings. The lowest BCUT2D eigenvalue weighted by atomic mass is 10.1. The number of aryl methyl sites for hydroxylation is 2. The second kappa shape index (κ2) is 11.1. The zero-order valence-electron chi connectivity index (χ0n) is 18.7. The SMILES string of the molecule is CCc1noc(CC)c1CNC(=NC)NCc1cccc(CN2CCOC(C)C2)c1. The van der Waals surface area contributed by atoms with Crippen molar-refractivity contribution in [2.24, 2.45) is 4.99 Å². The number of guanidine groups is 1. The molecule has 2 aromatic rings. The molecule has 0 saturated carbocycles.